The number of rotatable bonds is 3. The molecule has 5 heteroatoms. The quantitative estimate of drug-likeness (QED) is 0.872. The van der Waals surface area contributed by atoms with Crippen molar-refractivity contribution in [1.82, 2.24) is 14.9 Å². The van der Waals surface area contributed by atoms with Crippen LogP contribution in [0.4, 0.5) is 5.95 Å². The lowest BCUT2D eigenvalue weighted by atomic mass is 9.90. The van der Waals surface area contributed by atoms with Crippen LogP contribution in [0.1, 0.15) is 30.9 Å². The van der Waals surface area contributed by atoms with Gasteiger partial charge in [-0.25, -0.2) is 9.97 Å². The second-order valence-corrected chi connectivity index (χ2v) is 6.58. The average molecular weight is 322 g/mol. The van der Waals surface area contributed by atoms with Crippen molar-refractivity contribution in [3.05, 3.63) is 54.4 Å². The molecular weight excluding hydrogens is 300 g/mol. The number of amides is 1. The van der Waals surface area contributed by atoms with Crippen molar-refractivity contribution in [3.8, 4) is 0 Å². The van der Waals surface area contributed by atoms with E-state index in [-0.39, 0.29) is 17.9 Å². The molecule has 3 heterocycles. The number of aromatic nitrogens is 2. The molecule has 0 unspecified atom stereocenters. The van der Waals surface area contributed by atoms with Crippen LogP contribution in [-0.4, -0.2) is 40.4 Å². The first kappa shape index (κ1) is 15.1. The second kappa shape index (κ2) is 6.59. The number of carbonyl (C=O) groups is 1. The van der Waals surface area contributed by atoms with Crippen LogP contribution < -0.4 is 4.90 Å². The van der Waals surface area contributed by atoms with Crippen LogP contribution in [0.25, 0.3) is 0 Å². The number of carbonyl (C=O) groups excluding carboxylic acids is 1. The van der Waals surface area contributed by atoms with Gasteiger partial charge in [0.15, 0.2) is 0 Å². The van der Waals surface area contributed by atoms with Gasteiger partial charge in [0.2, 0.25) is 11.9 Å². The van der Waals surface area contributed by atoms with Gasteiger partial charge >= 0.3 is 0 Å². The Balaban J connectivity index is 1.45. The number of nitrogens with zero attached hydrogens (tertiary/aromatic N) is 4. The lowest BCUT2D eigenvalue weighted by Gasteiger charge is -2.44. The van der Waals surface area contributed by atoms with E-state index in [4.69, 9.17) is 0 Å². The van der Waals surface area contributed by atoms with Gasteiger partial charge in [-0.3, -0.25) is 4.79 Å². The van der Waals surface area contributed by atoms with E-state index in [9.17, 15) is 4.79 Å². The lowest BCUT2D eigenvalue weighted by molar-refractivity contribution is -0.144. The van der Waals surface area contributed by atoms with Gasteiger partial charge in [0.05, 0.1) is 12.0 Å². The average Bonchev–Trinajstić information content (AvgIpc) is 2.62. The minimum absolute atomic E-state index is 0.0501. The molecule has 0 radical (unpaired) electrons. The van der Waals surface area contributed by atoms with Crippen LogP contribution in [0, 0.1) is 5.92 Å². The summed E-state index contributed by atoms with van der Waals surface area (Å²) in [6, 6.07) is 12.4. The van der Waals surface area contributed by atoms with Crippen molar-refractivity contribution in [2.45, 2.75) is 25.3 Å². The number of likely N-dealkylation sites (tertiary alicyclic amines) is 1. The molecule has 2 fully saturated rings. The van der Waals surface area contributed by atoms with Crippen LogP contribution in [-0.2, 0) is 4.79 Å². The molecule has 2 saturated heterocycles. The second-order valence-electron chi connectivity index (χ2n) is 6.58. The highest BCUT2D eigenvalue weighted by Crippen LogP contribution is 2.35. The van der Waals surface area contributed by atoms with E-state index in [2.05, 4.69) is 31.9 Å². The SMILES string of the molecule is O=C([C@@H]1CCCN(c2ncccn2)C1)N1CC[C@@H]1c1ccccc1. The summed E-state index contributed by atoms with van der Waals surface area (Å²) < 4.78 is 0. The van der Waals surface area contributed by atoms with Crippen molar-refractivity contribution in [2.24, 2.45) is 5.92 Å². The van der Waals surface area contributed by atoms with Crippen LogP contribution in [0.2, 0.25) is 0 Å². The molecule has 2 aliphatic heterocycles. The van der Waals surface area contributed by atoms with Gasteiger partial charge in [-0.1, -0.05) is 30.3 Å². The Morgan fingerprint density at radius 1 is 1.00 bits per heavy atom. The topological polar surface area (TPSA) is 49.3 Å². The van der Waals surface area contributed by atoms with Gasteiger partial charge in [0.25, 0.3) is 0 Å². The van der Waals surface area contributed by atoms with Crippen LogP contribution in [0.5, 0.6) is 0 Å². The summed E-state index contributed by atoms with van der Waals surface area (Å²) >= 11 is 0. The van der Waals surface area contributed by atoms with E-state index in [1.807, 2.05) is 24.3 Å². The summed E-state index contributed by atoms with van der Waals surface area (Å²) in [4.78, 5) is 25.8. The standard InChI is InChI=1S/C19H22N4O/c24-18(23-13-9-17(23)15-6-2-1-3-7-15)16-8-4-12-22(14-16)19-20-10-5-11-21-19/h1-3,5-7,10-11,16-17H,4,8-9,12-14H2/t16-,17-/m1/s1. The van der Waals surface area contributed by atoms with Gasteiger partial charge in [0, 0.05) is 32.0 Å². The molecule has 1 amide bonds. The zero-order valence-electron chi connectivity index (χ0n) is 13.7. The third kappa shape index (κ3) is 2.86. The molecule has 2 aliphatic rings. The Kier molecular flexibility index (Phi) is 4.15. The van der Waals surface area contributed by atoms with E-state index >= 15 is 0 Å². The minimum atomic E-state index is 0.0501. The monoisotopic (exact) mass is 322 g/mol. The normalized spacial score (nSPS) is 23.7. The maximum Gasteiger partial charge on any atom is 0.227 e. The molecule has 5 nitrogen and oxygen atoms in total. The fourth-order valence-corrected chi connectivity index (χ4v) is 3.72. The smallest absolute Gasteiger partial charge is 0.227 e. The van der Waals surface area contributed by atoms with Crippen molar-refractivity contribution >= 4 is 11.9 Å². The van der Waals surface area contributed by atoms with Gasteiger partial charge in [-0.2, -0.15) is 0 Å². The largest absolute Gasteiger partial charge is 0.340 e. The Hall–Kier alpha value is -2.43. The van der Waals surface area contributed by atoms with Crippen molar-refractivity contribution in [2.75, 3.05) is 24.5 Å². The Labute approximate surface area is 142 Å². The van der Waals surface area contributed by atoms with E-state index in [0.29, 0.717) is 0 Å². The van der Waals surface area contributed by atoms with Gasteiger partial charge in [0.1, 0.15) is 0 Å². The highest BCUT2D eigenvalue weighted by atomic mass is 16.2. The number of piperidine rings is 1. The molecule has 4 rings (SSSR count). The molecule has 2 atom stereocenters. The summed E-state index contributed by atoms with van der Waals surface area (Å²) in [7, 11) is 0. The Bertz CT molecular complexity index is 691. The van der Waals surface area contributed by atoms with E-state index in [1.54, 1.807) is 12.4 Å². The lowest BCUT2D eigenvalue weighted by Crippen LogP contribution is -2.51. The molecule has 0 spiro atoms. The van der Waals surface area contributed by atoms with Crippen molar-refractivity contribution < 1.29 is 4.79 Å². The number of benzene rings is 1. The summed E-state index contributed by atoms with van der Waals surface area (Å²) in [5, 5.41) is 0. The third-order valence-electron chi connectivity index (χ3n) is 5.09. The molecule has 124 valence electrons. The predicted molar refractivity (Wildman–Crippen MR) is 92.5 cm³/mol. The summed E-state index contributed by atoms with van der Waals surface area (Å²) in [5.74, 6) is 1.07. The molecule has 1 aromatic carbocycles. The fraction of sp³-hybridized carbons (Fsp3) is 0.421. The summed E-state index contributed by atoms with van der Waals surface area (Å²) in [6.07, 6.45) is 6.55. The molecule has 2 aromatic rings. The van der Waals surface area contributed by atoms with Gasteiger partial charge in [-0.15, -0.1) is 0 Å². The number of anilines is 1. The first-order valence-corrected chi connectivity index (χ1v) is 8.70. The number of hydrogen-bond donors (Lipinski definition) is 0. The molecule has 24 heavy (non-hydrogen) atoms. The molecule has 0 saturated carbocycles. The maximum absolute atomic E-state index is 13.0. The van der Waals surface area contributed by atoms with Gasteiger partial charge in [-0.05, 0) is 30.9 Å². The van der Waals surface area contributed by atoms with Crippen LogP contribution >= 0.6 is 0 Å². The molecule has 0 aliphatic carbocycles. The van der Waals surface area contributed by atoms with Crippen molar-refractivity contribution in [3.63, 3.8) is 0 Å². The first-order valence-electron chi connectivity index (χ1n) is 8.70. The van der Waals surface area contributed by atoms with E-state index in [0.717, 1.165) is 44.8 Å². The molecule has 0 N–H and O–H groups in total. The first-order chi connectivity index (χ1) is 11.8. The van der Waals surface area contributed by atoms with E-state index < -0.39 is 0 Å². The number of hydrogen-bond acceptors (Lipinski definition) is 4. The summed E-state index contributed by atoms with van der Waals surface area (Å²) in [6.45, 7) is 2.52. The van der Waals surface area contributed by atoms with E-state index in [1.165, 1.54) is 5.56 Å². The minimum Gasteiger partial charge on any atom is -0.340 e. The fourth-order valence-electron chi connectivity index (χ4n) is 3.72. The van der Waals surface area contributed by atoms with Crippen LogP contribution in [0.3, 0.4) is 0 Å². The third-order valence-corrected chi connectivity index (χ3v) is 5.09. The zero-order chi connectivity index (χ0) is 16.4. The summed E-state index contributed by atoms with van der Waals surface area (Å²) in [5.41, 5.74) is 1.25. The molecule has 0 bridgehead atoms. The Morgan fingerprint density at radius 2 is 1.79 bits per heavy atom. The van der Waals surface area contributed by atoms with Gasteiger partial charge < -0.3 is 9.80 Å². The predicted octanol–water partition coefficient (Wildman–Crippen LogP) is 2.67. The molecule has 1 aromatic heterocycles. The molecular formula is C19H22N4O. The highest BCUT2D eigenvalue weighted by Gasteiger charge is 2.38. The zero-order valence-corrected chi connectivity index (χ0v) is 13.7. The van der Waals surface area contributed by atoms with Crippen LogP contribution in [0.15, 0.2) is 48.8 Å². The Morgan fingerprint density at radius 3 is 2.50 bits per heavy atom. The maximum atomic E-state index is 13.0. The highest BCUT2D eigenvalue weighted by molar-refractivity contribution is 5.81. The van der Waals surface area contributed by atoms with Crippen molar-refractivity contribution in [1.29, 1.82) is 0 Å².